The van der Waals surface area contributed by atoms with Crippen LogP contribution >= 0.6 is 0 Å². The molecule has 0 saturated carbocycles. The van der Waals surface area contributed by atoms with Gasteiger partial charge in [-0.05, 0) is 45.4 Å². The summed E-state index contributed by atoms with van der Waals surface area (Å²) in [5, 5.41) is 0. The normalized spacial score (nSPS) is 15.7. The number of methoxy groups -OCH3 is 1. The number of aromatic amines is 1. The molecule has 2 heterocycles. The molecule has 0 amide bonds. The topological polar surface area (TPSA) is 76.1 Å². The molecular formula is C23H32N3O4+. The van der Waals surface area contributed by atoms with Crippen LogP contribution in [-0.2, 0) is 4.74 Å². The molecular weight excluding hydrogens is 382 g/mol. The van der Waals surface area contributed by atoms with Crippen molar-refractivity contribution in [2.75, 3.05) is 44.8 Å². The summed E-state index contributed by atoms with van der Waals surface area (Å²) >= 11 is 0. The molecule has 1 aliphatic heterocycles. The number of esters is 1. The van der Waals surface area contributed by atoms with Crippen LogP contribution in [0.15, 0.2) is 24.3 Å². The first-order valence-corrected chi connectivity index (χ1v) is 10.5. The summed E-state index contributed by atoms with van der Waals surface area (Å²) in [6.07, 6.45) is 0. The van der Waals surface area contributed by atoms with E-state index in [1.165, 1.54) is 12.0 Å². The van der Waals surface area contributed by atoms with Crippen molar-refractivity contribution in [3.05, 3.63) is 46.8 Å². The van der Waals surface area contributed by atoms with Crippen molar-refractivity contribution in [2.24, 2.45) is 0 Å². The number of hydrogen-bond acceptors (Lipinski definition) is 5. The highest BCUT2D eigenvalue weighted by Gasteiger charge is 2.33. The van der Waals surface area contributed by atoms with Gasteiger partial charge in [-0.15, -0.1) is 0 Å². The standard InChI is InChI=1S/C23H31N3O4/c1-6-30-19-10-8-7-9-18(19)26-13-11-25(12-14-26)17(4)22(27)21-15(2)20(16(3)24-21)23(28)29-5/h7-10,17,24H,6,11-14H2,1-5H3/p+1/t17-/m0/s1. The molecule has 1 saturated heterocycles. The van der Waals surface area contributed by atoms with Crippen molar-refractivity contribution in [1.82, 2.24) is 4.98 Å². The zero-order valence-corrected chi connectivity index (χ0v) is 18.5. The van der Waals surface area contributed by atoms with Crippen LogP contribution in [0.2, 0.25) is 0 Å². The molecule has 1 aromatic carbocycles. The second-order valence-corrected chi connectivity index (χ2v) is 7.75. The van der Waals surface area contributed by atoms with Crippen molar-refractivity contribution in [2.45, 2.75) is 33.7 Å². The Labute approximate surface area is 178 Å². The van der Waals surface area contributed by atoms with Crippen LogP contribution in [0.5, 0.6) is 5.75 Å². The van der Waals surface area contributed by atoms with Gasteiger partial charge >= 0.3 is 5.97 Å². The summed E-state index contributed by atoms with van der Waals surface area (Å²) < 4.78 is 10.6. The fourth-order valence-corrected chi connectivity index (χ4v) is 4.27. The van der Waals surface area contributed by atoms with Gasteiger partial charge in [-0.2, -0.15) is 0 Å². The third-order valence-electron chi connectivity index (χ3n) is 5.99. The van der Waals surface area contributed by atoms with Crippen LogP contribution in [0.25, 0.3) is 0 Å². The van der Waals surface area contributed by atoms with Gasteiger partial charge in [0, 0.05) is 5.69 Å². The monoisotopic (exact) mass is 414 g/mol. The molecule has 7 nitrogen and oxygen atoms in total. The number of Topliss-reactive ketones (excluding diaryl/α,β-unsaturated/α-hetero) is 1. The number of para-hydroxylation sites is 2. The molecule has 1 atom stereocenters. The molecule has 3 rings (SSSR count). The summed E-state index contributed by atoms with van der Waals surface area (Å²) in [4.78, 5) is 31.9. The lowest BCUT2D eigenvalue weighted by molar-refractivity contribution is -0.914. The summed E-state index contributed by atoms with van der Waals surface area (Å²) in [7, 11) is 1.35. The van der Waals surface area contributed by atoms with E-state index in [2.05, 4.69) is 16.0 Å². The second kappa shape index (κ2) is 9.34. The number of anilines is 1. The average Bonchev–Trinajstić information content (AvgIpc) is 3.07. The van der Waals surface area contributed by atoms with Crippen LogP contribution in [-0.4, -0.2) is 62.7 Å². The number of carbonyl (C=O) groups is 2. The number of H-pyrrole nitrogens is 1. The van der Waals surface area contributed by atoms with Gasteiger partial charge < -0.3 is 24.3 Å². The lowest BCUT2D eigenvalue weighted by atomic mass is 10.0. The van der Waals surface area contributed by atoms with Crippen LogP contribution in [0.3, 0.4) is 0 Å². The number of aromatic nitrogens is 1. The first-order valence-electron chi connectivity index (χ1n) is 10.5. The molecule has 1 aliphatic rings. The third kappa shape index (κ3) is 4.21. The van der Waals surface area contributed by atoms with Gasteiger partial charge in [-0.25, -0.2) is 4.79 Å². The van der Waals surface area contributed by atoms with Crippen LogP contribution in [0.4, 0.5) is 5.69 Å². The van der Waals surface area contributed by atoms with Crippen molar-refractivity contribution in [1.29, 1.82) is 0 Å². The van der Waals surface area contributed by atoms with E-state index >= 15 is 0 Å². The lowest BCUT2D eigenvalue weighted by Crippen LogP contribution is -3.18. The number of quaternary nitrogens is 1. The van der Waals surface area contributed by atoms with E-state index in [9.17, 15) is 9.59 Å². The predicted molar refractivity (Wildman–Crippen MR) is 116 cm³/mol. The maximum atomic E-state index is 13.2. The van der Waals surface area contributed by atoms with E-state index in [0.29, 0.717) is 29.1 Å². The number of carbonyl (C=O) groups excluding carboxylic acids is 2. The zero-order valence-electron chi connectivity index (χ0n) is 18.5. The van der Waals surface area contributed by atoms with E-state index in [-0.39, 0.29) is 11.8 Å². The number of hydrogen-bond donors (Lipinski definition) is 2. The molecule has 0 unspecified atom stereocenters. The molecule has 0 aliphatic carbocycles. The Kier molecular flexibility index (Phi) is 6.82. The molecule has 2 N–H and O–H groups in total. The number of aryl methyl sites for hydroxylation is 1. The Morgan fingerprint density at radius 2 is 1.87 bits per heavy atom. The Hall–Kier alpha value is -2.80. The van der Waals surface area contributed by atoms with E-state index < -0.39 is 5.97 Å². The SMILES string of the molecule is CCOc1ccccc1N1CC[NH+]([C@@H](C)C(=O)c2[nH]c(C)c(C(=O)OC)c2C)CC1. The third-order valence-corrected chi connectivity index (χ3v) is 5.99. The lowest BCUT2D eigenvalue weighted by Gasteiger charge is -2.36. The molecule has 0 radical (unpaired) electrons. The summed E-state index contributed by atoms with van der Waals surface area (Å²) in [6.45, 7) is 11.6. The summed E-state index contributed by atoms with van der Waals surface area (Å²) in [5.74, 6) is 0.520. The Morgan fingerprint density at radius 3 is 2.50 bits per heavy atom. The van der Waals surface area contributed by atoms with Gasteiger partial charge in [0.2, 0.25) is 5.78 Å². The van der Waals surface area contributed by atoms with Crippen LogP contribution in [0, 0.1) is 13.8 Å². The van der Waals surface area contributed by atoms with Gasteiger partial charge in [0.05, 0.1) is 56.8 Å². The highest BCUT2D eigenvalue weighted by atomic mass is 16.5. The van der Waals surface area contributed by atoms with E-state index in [0.717, 1.165) is 37.6 Å². The van der Waals surface area contributed by atoms with Gasteiger partial charge in [-0.3, -0.25) is 4.79 Å². The summed E-state index contributed by atoms with van der Waals surface area (Å²) in [5.41, 5.74) is 3.41. The van der Waals surface area contributed by atoms with Gasteiger partial charge in [0.25, 0.3) is 0 Å². The van der Waals surface area contributed by atoms with Crippen molar-refractivity contribution >= 4 is 17.4 Å². The van der Waals surface area contributed by atoms with Crippen molar-refractivity contribution in [3.8, 4) is 5.75 Å². The van der Waals surface area contributed by atoms with Gasteiger partial charge in [0.1, 0.15) is 5.75 Å². The number of ether oxygens (including phenoxy) is 2. The number of nitrogens with zero attached hydrogens (tertiary/aromatic N) is 1. The number of rotatable bonds is 7. The minimum absolute atomic E-state index is 0.0314. The predicted octanol–water partition coefficient (Wildman–Crippen LogP) is 1.79. The van der Waals surface area contributed by atoms with E-state index in [1.54, 1.807) is 13.8 Å². The van der Waals surface area contributed by atoms with Crippen molar-refractivity contribution < 1.29 is 24.0 Å². The minimum atomic E-state index is -0.415. The fourth-order valence-electron chi connectivity index (χ4n) is 4.27. The number of nitrogens with one attached hydrogen (secondary N) is 2. The number of ketones is 1. The Balaban J connectivity index is 1.69. The molecule has 0 spiro atoms. The first-order chi connectivity index (χ1) is 14.4. The van der Waals surface area contributed by atoms with Gasteiger partial charge in [-0.1, -0.05) is 12.1 Å². The largest absolute Gasteiger partial charge is 0.492 e. The highest BCUT2D eigenvalue weighted by molar-refractivity contribution is 6.03. The fraction of sp³-hybridized carbons (Fsp3) is 0.478. The van der Waals surface area contributed by atoms with Gasteiger partial charge in [0.15, 0.2) is 6.04 Å². The molecule has 7 heteroatoms. The maximum Gasteiger partial charge on any atom is 0.339 e. The second-order valence-electron chi connectivity index (χ2n) is 7.75. The minimum Gasteiger partial charge on any atom is -0.492 e. The zero-order chi connectivity index (χ0) is 21.8. The van der Waals surface area contributed by atoms with Crippen LogP contribution in [0.1, 0.15) is 46.0 Å². The van der Waals surface area contributed by atoms with E-state index in [1.807, 2.05) is 32.0 Å². The molecule has 1 aromatic heterocycles. The highest BCUT2D eigenvalue weighted by Crippen LogP contribution is 2.28. The molecule has 30 heavy (non-hydrogen) atoms. The quantitative estimate of drug-likeness (QED) is 0.534. The molecule has 2 aromatic rings. The molecule has 0 bridgehead atoms. The maximum absolute atomic E-state index is 13.2. The smallest absolute Gasteiger partial charge is 0.339 e. The summed E-state index contributed by atoms with van der Waals surface area (Å²) in [6, 6.07) is 7.90. The molecule has 162 valence electrons. The van der Waals surface area contributed by atoms with Crippen LogP contribution < -0.4 is 14.5 Å². The Morgan fingerprint density at radius 1 is 1.20 bits per heavy atom. The number of benzene rings is 1. The first kappa shape index (κ1) is 21.9. The number of piperazine rings is 1. The molecule has 1 fully saturated rings. The van der Waals surface area contributed by atoms with Crippen molar-refractivity contribution in [3.63, 3.8) is 0 Å². The van der Waals surface area contributed by atoms with E-state index in [4.69, 9.17) is 9.47 Å². The Bertz CT molecular complexity index is 913. The average molecular weight is 415 g/mol.